The Kier molecular flexibility index (Phi) is 6.54. The van der Waals surface area contributed by atoms with Crippen molar-refractivity contribution in [2.24, 2.45) is 5.41 Å². The van der Waals surface area contributed by atoms with Crippen LogP contribution >= 0.6 is 0 Å². The van der Waals surface area contributed by atoms with E-state index in [1.54, 1.807) is 29.9 Å². The highest BCUT2D eigenvalue weighted by molar-refractivity contribution is 5.94. The number of hydrazine groups is 1. The predicted octanol–water partition coefficient (Wildman–Crippen LogP) is 3.12. The van der Waals surface area contributed by atoms with E-state index in [1.165, 1.54) is 0 Å². The number of nitrogens with one attached hydrogen (secondary N) is 1. The lowest BCUT2D eigenvalue weighted by Gasteiger charge is -2.27. The van der Waals surface area contributed by atoms with Gasteiger partial charge in [-0.3, -0.25) is 9.80 Å². The number of carbonyl (C=O) groups is 1. The van der Waals surface area contributed by atoms with Crippen molar-refractivity contribution in [3.63, 3.8) is 0 Å². The Labute approximate surface area is 176 Å². The molecule has 0 fully saturated rings. The van der Waals surface area contributed by atoms with Crippen LogP contribution in [0.25, 0.3) is 5.69 Å². The monoisotopic (exact) mass is 403 g/mol. The maximum absolute atomic E-state index is 13.2. The molecule has 0 aliphatic heterocycles. The lowest BCUT2D eigenvalue weighted by molar-refractivity contribution is 0.0626. The van der Waals surface area contributed by atoms with E-state index in [0.29, 0.717) is 18.7 Å². The molecule has 1 aromatic carbocycles. The van der Waals surface area contributed by atoms with Crippen molar-refractivity contribution in [1.82, 2.24) is 30.0 Å². The molecule has 2 aromatic heterocycles. The van der Waals surface area contributed by atoms with Crippen LogP contribution < -0.4 is 5.43 Å². The van der Waals surface area contributed by atoms with Crippen molar-refractivity contribution >= 4 is 5.91 Å². The van der Waals surface area contributed by atoms with Gasteiger partial charge in [-0.15, -0.1) is 0 Å². The van der Waals surface area contributed by atoms with Gasteiger partial charge in [0, 0.05) is 54.7 Å². The minimum Gasteiger partial charge on any atom is -0.306 e. The molecular weight excluding hydrogens is 378 g/mol. The summed E-state index contributed by atoms with van der Waals surface area (Å²) in [5, 5.41) is 10.5. The third-order valence-corrected chi connectivity index (χ3v) is 4.53. The average Bonchev–Trinajstić information content (AvgIpc) is 3.28. The van der Waals surface area contributed by atoms with Gasteiger partial charge in [0.1, 0.15) is 6.07 Å². The van der Waals surface area contributed by atoms with Gasteiger partial charge in [0.2, 0.25) is 5.82 Å². The van der Waals surface area contributed by atoms with E-state index in [-0.39, 0.29) is 17.1 Å². The maximum atomic E-state index is 13.2. The van der Waals surface area contributed by atoms with Crippen molar-refractivity contribution in [1.29, 1.82) is 5.26 Å². The summed E-state index contributed by atoms with van der Waals surface area (Å²) in [7, 11) is 0. The molecule has 0 bridgehead atoms. The van der Waals surface area contributed by atoms with Gasteiger partial charge >= 0.3 is 0 Å². The van der Waals surface area contributed by atoms with E-state index in [9.17, 15) is 4.79 Å². The van der Waals surface area contributed by atoms with E-state index in [4.69, 9.17) is 5.26 Å². The Bertz CT molecular complexity index is 998. The largest absolute Gasteiger partial charge is 0.306 e. The Morgan fingerprint density at radius 1 is 1.20 bits per heavy atom. The van der Waals surface area contributed by atoms with Gasteiger partial charge in [-0.2, -0.15) is 5.26 Å². The molecule has 1 amide bonds. The molecule has 8 heteroatoms. The number of hydrogen-bond acceptors (Lipinski definition) is 6. The van der Waals surface area contributed by atoms with Crippen LogP contribution in [0, 0.1) is 16.7 Å². The van der Waals surface area contributed by atoms with Crippen molar-refractivity contribution in [2.45, 2.75) is 33.7 Å². The molecule has 0 unspecified atom stereocenters. The molecule has 30 heavy (non-hydrogen) atoms. The molecule has 0 saturated heterocycles. The second kappa shape index (κ2) is 9.29. The number of benzene rings is 1. The van der Waals surface area contributed by atoms with Crippen LogP contribution in [-0.2, 0) is 6.54 Å². The second-order valence-corrected chi connectivity index (χ2v) is 8.15. The van der Waals surface area contributed by atoms with Gasteiger partial charge in [0.15, 0.2) is 0 Å². The number of aromatic nitrogens is 4. The van der Waals surface area contributed by atoms with Crippen LogP contribution in [0.2, 0.25) is 0 Å². The number of nitriles is 1. The average molecular weight is 403 g/mol. The van der Waals surface area contributed by atoms with E-state index < -0.39 is 0 Å². The van der Waals surface area contributed by atoms with Crippen molar-refractivity contribution in [3.8, 4) is 11.8 Å². The number of amides is 1. The number of hydrogen-bond donors (Lipinski definition) is 1. The van der Waals surface area contributed by atoms with Gasteiger partial charge < -0.3 is 4.57 Å². The highest BCUT2D eigenvalue weighted by Crippen LogP contribution is 2.19. The van der Waals surface area contributed by atoms with Gasteiger partial charge in [-0.1, -0.05) is 20.8 Å². The van der Waals surface area contributed by atoms with Gasteiger partial charge in [-0.25, -0.2) is 20.4 Å². The lowest BCUT2D eigenvalue weighted by Crippen LogP contribution is -2.44. The summed E-state index contributed by atoms with van der Waals surface area (Å²) in [4.78, 5) is 25.1. The second-order valence-electron chi connectivity index (χ2n) is 8.15. The molecule has 154 valence electrons. The molecule has 2 heterocycles. The molecule has 0 radical (unpaired) electrons. The first kappa shape index (κ1) is 21.1. The van der Waals surface area contributed by atoms with Gasteiger partial charge in [0.05, 0.1) is 6.33 Å². The van der Waals surface area contributed by atoms with E-state index in [1.807, 2.05) is 41.1 Å². The zero-order valence-electron chi connectivity index (χ0n) is 17.4. The van der Waals surface area contributed by atoms with Crippen LogP contribution in [0.4, 0.5) is 0 Å². The molecule has 8 nitrogen and oxygen atoms in total. The summed E-state index contributed by atoms with van der Waals surface area (Å²) in [5.74, 6) is 0.0170. The topological polar surface area (TPSA) is 99.7 Å². The zero-order chi connectivity index (χ0) is 21.6. The minimum absolute atomic E-state index is 0.0864. The summed E-state index contributed by atoms with van der Waals surface area (Å²) in [6.45, 7) is 7.37. The zero-order valence-corrected chi connectivity index (χ0v) is 17.4. The highest BCUT2D eigenvalue weighted by atomic mass is 16.2. The van der Waals surface area contributed by atoms with Crippen LogP contribution in [0.15, 0.2) is 55.4 Å². The molecular formula is C22H25N7O. The number of nitrogens with zero attached hydrogens (tertiary/aromatic N) is 6. The van der Waals surface area contributed by atoms with Crippen LogP contribution in [0.3, 0.4) is 0 Å². The SMILES string of the molecule is CC(C)(C)CCN(NCc1cnc(C#N)nc1)C(=O)c1ccc(-n2ccnc2)cc1. The Morgan fingerprint density at radius 3 is 2.47 bits per heavy atom. The Balaban J connectivity index is 1.72. The maximum Gasteiger partial charge on any atom is 0.267 e. The lowest BCUT2D eigenvalue weighted by atomic mass is 9.92. The minimum atomic E-state index is -0.106. The summed E-state index contributed by atoms with van der Waals surface area (Å²) in [6, 6.07) is 9.31. The van der Waals surface area contributed by atoms with Crippen LogP contribution in [0.5, 0.6) is 0 Å². The standard InChI is InChI=1S/C22H25N7O/c1-22(2,3)8-10-29(27-15-17-13-25-20(12-23)26-14-17)21(30)18-4-6-19(7-5-18)28-11-9-24-16-28/h4-7,9,11,13-14,16,27H,8,10,15H2,1-3H3. The van der Waals surface area contributed by atoms with Crippen LogP contribution in [0.1, 0.15) is 48.9 Å². The summed E-state index contributed by atoms with van der Waals surface area (Å²) in [5.41, 5.74) is 5.60. The quantitative estimate of drug-likeness (QED) is 0.609. The molecule has 3 rings (SSSR count). The fourth-order valence-electron chi connectivity index (χ4n) is 2.73. The summed E-state index contributed by atoms with van der Waals surface area (Å²) >= 11 is 0. The van der Waals surface area contributed by atoms with E-state index in [2.05, 4.69) is 41.1 Å². The molecule has 0 aliphatic carbocycles. The molecule has 3 aromatic rings. The summed E-state index contributed by atoms with van der Waals surface area (Å²) < 4.78 is 1.88. The van der Waals surface area contributed by atoms with E-state index in [0.717, 1.165) is 17.7 Å². The number of rotatable bonds is 7. The fraction of sp³-hybridized carbons (Fsp3) is 0.318. The Hall–Kier alpha value is -3.57. The highest BCUT2D eigenvalue weighted by Gasteiger charge is 2.19. The molecule has 1 N–H and O–H groups in total. The molecule has 0 aliphatic rings. The van der Waals surface area contributed by atoms with Crippen molar-refractivity contribution in [3.05, 3.63) is 72.3 Å². The number of imidazole rings is 1. The third-order valence-electron chi connectivity index (χ3n) is 4.53. The first-order valence-electron chi connectivity index (χ1n) is 9.70. The predicted molar refractivity (Wildman–Crippen MR) is 112 cm³/mol. The molecule has 0 saturated carbocycles. The first-order valence-corrected chi connectivity index (χ1v) is 9.70. The Morgan fingerprint density at radius 2 is 1.90 bits per heavy atom. The van der Waals surface area contributed by atoms with E-state index >= 15 is 0 Å². The molecule has 0 spiro atoms. The first-order chi connectivity index (χ1) is 14.4. The summed E-state index contributed by atoms with van der Waals surface area (Å²) in [6.07, 6.45) is 9.30. The smallest absolute Gasteiger partial charge is 0.267 e. The number of carbonyl (C=O) groups excluding carboxylic acids is 1. The van der Waals surface area contributed by atoms with Crippen molar-refractivity contribution < 1.29 is 4.79 Å². The van der Waals surface area contributed by atoms with Gasteiger partial charge in [-0.05, 0) is 36.1 Å². The van der Waals surface area contributed by atoms with Gasteiger partial charge in [0.25, 0.3) is 5.91 Å². The third kappa shape index (κ3) is 5.72. The van der Waals surface area contributed by atoms with Crippen LogP contribution in [-0.4, -0.2) is 37.0 Å². The molecule has 0 atom stereocenters. The van der Waals surface area contributed by atoms with Crippen molar-refractivity contribution in [2.75, 3.05) is 6.54 Å². The fourth-order valence-corrected chi connectivity index (χ4v) is 2.73. The normalized spacial score (nSPS) is 11.1.